The van der Waals surface area contributed by atoms with Gasteiger partial charge in [-0.1, -0.05) is 146 Å². The second-order valence-corrected chi connectivity index (χ2v) is 14.9. The van der Waals surface area contributed by atoms with Crippen molar-refractivity contribution in [3.63, 3.8) is 0 Å². The third kappa shape index (κ3) is 4.62. The van der Waals surface area contributed by atoms with Crippen LogP contribution in [-0.2, 0) is 5.41 Å². The van der Waals surface area contributed by atoms with Crippen LogP contribution in [0.15, 0.2) is 223 Å². The molecule has 0 fully saturated rings. The van der Waals surface area contributed by atoms with Crippen molar-refractivity contribution >= 4 is 56.1 Å². The van der Waals surface area contributed by atoms with Crippen molar-refractivity contribution in [1.29, 1.82) is 0 Å². The second-order valence-electron chi connectivity index (χ2n) is 14.9. The Hall–Kier alpha value is -7.62. The molecule has 58 heavy (non-hydrogen) atoms. The summed E-state index contributed by atoms with van der Waals surface area (Å²) in [6, 6.07) is 63.1. The van der Waals surface area contributed by atoms with Gasteiger partial charge in [0.2, 0.25) is 0 Å². The van der Waals surface area contributed by atoms with Crippen LogP contribution in [0.4, 0.5) is 34.1 Å². The van der Waals surface area contributed by atoms with E-state index in [4.69, 9.17) is 11.3 Å². The minimum Gasteiger partial charge on any atom is -0.454 e. The Kier molecular flexibility index (Phi) is 6.11. The average Bonchev–Trinajstić information content (AvgIpc) is 3.96. The number of fused-ring (bicyclic) bond motifs is 13. The largest absolute Gasteiger partial charge is 0.454 e. The molecule has 0 N–H and O–H groups in total. The highest BCUT2D eigenvalue weighted by Gasteiger charge is 2.52. The summed E-state index contributed by atoms with van der Waals surface area (Å²) in [5, 5.41) is 2.13. The van der Waals surface area contributed by atoms with Crippen molar-refractivity contribution in [2.75, 3.05) is 9.80 Å². The number of rotatable bonds is 6. The van der Waals surface area contributed by atoms with E-state index in [1.807, 2.05) is 60.7 Å². The molecule has 12 rings (SSSR count). The van der Waals surface area contributed by atoms with Crippen molar-refractivity contribution in [3.05, 3.63) is 241 Å². The molecule has 272 valence electrons. The summed E-state index contributed by atoms with van der Waals surface area (Å²) in [4.78, 5) is 4.09. The molecule has 0 radical (unpaired) electrons. The average molecular weight is 746 g/mol. The van der Waals surface area contributed by atoms with Gasteiger partial charge in [-0.2, -0.15) is 0 Å². The summed E-state index contributed by atoms with van der Waals surface area (Å²) >= 11 is 0. The van der Waals surface area contributed by atoms with E-state index in [1.165, 1.54) is 0 Å². The number of hydrogen-bond donors (Lipinski definition) is 0. The Morgan fingerprint density at radius 2 is 0.948 bits per heavy atom. The lowest BCUT2D eigenvalue weighted by atomic mass is 9.70. The molecule has 1 aromatic heterocycles. The minimum atomic E-state index is -0.731. The molecule has 0 saturated heterocycles. The molecule has 0 aliphatic heterocycles. The van der Waals surface area contributed by atoms with Crippen LogP contribution in [0.5, 0.6) is 0 Å². The predicted octanol–water partition coefficient (Wildman–Crippen LogP) is 14.9. The summed E-state index contributed by atoms with van der Waals surface area (Å²) < 4.78 is 50.5. The molecule has 2 aliphatic rings. The molecular formula is C55H36N2O. The van der Waals surface area contributed by atoms with Crippen molar-refractivity contribution in [1.82, 2.24) is 0 Å². The van der Waals surface area contributed by atoms with Crippen LogP contribution in [0.3, 0.4) is 0 Å². The fraction of sp³-hybridized carbons (Fsp3) is 0.0182. The van der Waals surface area contributed by atoms with Crippen molar-refractivity contribution in [2.24, 2.45) is 0 Å². The maximum absolute atomic E-state index is 9.10. The quantitative estimate of drug-likeness (QED) is 0.169. The summed E-state index contributed by atoms with van der Waals surface area (Å²) in [5.74, 6) is 0. The van der Waals surface area contributed by atoms with E-state index in [1.54, 1.807) is 4.90 Å². The monoisotopic (exact) mass is 745 g/mol. The number of para-hydroxylation sites is 5. The van der Waals surface area contributed by atoms with Gasteiger partial charge in [-0.25, -0.2) is 0 Å². The van der Waals surface area contributed by atoms with Crippen LogP contribution in [0.2, 0.25) is 0 Å². The van der Waals surface area contributed by atoms with Gasteiger partial charge in [-0.3, -0.25) is 0 Å². The first-order chi connectivity index (χ1) is 30.9. The summed E-state index contributed by atoms with van der Waals surface area (Å²) in [6.07, 6.45) is 0. The smallest absolute Gasteiger partial charge is 0.159 e. The number of anilines is 6. The Bertz CT molecular complexity index is 3470. The molecule has 1 unspecified atom stereocenters. The van der Waals surface area contributed by atoms with Crippen molar-refractivity contribution in [2.45, 2.75) is 5.41 Å². The van der Waals surface area contributed by atoms with E-state index < -0.39 is 11.5 Å². The molecule has 1 spiro atoms. The van der Waals surface area contributed by atoms with Gasteiger partial charge >= 0.3 is 0 Å². The van der Waals surface area contributed by atoms with E-state index >= 15 is 0 Å². The molecule has 2 aliphatic carbocycles. The number of nitrogens with zero attached hydrogens (tertiary/aromatic N) is 2. The van der Waals surface area contributed by atoms with Gasteiger partial charge in [0.05, 0.1) is 18.0 Å². The Balaban J connectivity index is 1.11. The third-order valence-corrected chi connectivity index (χ3v) is 11.9. The summed E-state index contributed by atoms with van der Waals surface area (Å²) in [5.41, 5.74) is 14.3. The summed E-state index contributed by atoms with van der Waals surface area (Å²) in [6.45, 7) is 0. The molecule has 0 bridgehead atoms. The number of furan rings is 1. The molecule has 1 atom stereocenters. The lowest BCUT2D eigenvalue weighted by Crippen LogP contribution is -2.26. The van der Waals surface area contributed by atoms with Gasteiger partial charge in [-0.15, -0.1) is 0 Å². The highest BCUT2D eigenvalue weighted by Crippen LogP contribution is 2.64. The number of benzene rings is 9. The van der Waals surface area contributed by atoms with Gasteiger partial charge in [0, 0.05) is 39.2 Å². The zero-order valence-electron chi connectivity index (χ0n) is 36.2. The molecule has 3 heteroatoms. The highest BCUT2D eigenvalue weighted by atomic mass is 16.3. The molecule has 0 amide bonds. The van der Waals surface area contributed by atoms with Crippen LogP contribution in [0, 0.1) is 0 Å². The van der Waals surface area contributed by atoms with Gasteiger partial charge in [-0.05, 0) is 117 Å². The van der Waals surface area contributed by atoms with Gasteiger partial charge in [0.1, 0.15) is 5.58 Å². The van der Waals surface area contributed by atoms with Gasteiger partial charge < -0.3 is 14.2 Å². The Labute approximate surface area is 344 Å². The topological polar surface area (TPSA) is 19.6 Å². The van der Waals surface area contributed by atoms with Crippen LogP contribution >= 0.6 is 0 Å². The maximum Gasteiger partial charge on any atom is 0.159 e. The molecule has 10 aromatic rings. The molecule has 1 heterocycles. The Morgan fingerprint density at radius 1 is 0.379 bits per heavy atom. The lowest BCUT2D eigenvalue weighted by molar-refractivity contribution is 0.669. The van der Waals surface area contributed by atoms with E-state index in [-0.39, 0.29) is 29.9 Å². The van der Waals surface area contributed by atoms with E-state index in [2.05, 4.69) is 132 Å². The van der Waals surface area contributed by atoms with Crippen LogP contribution < -0.4 is 9.80 Å². The lowest BCUT2D eigenvalue weighted by Gasteiger charge is -2.32. The Morgan fingerprint density at radius 3 is 1.71 bits per heavy atom. The molecule has 9 aromatic carbocycles. The first kappa shape index (κ1) is 27.9. The number of hydrogen-bond acceptors (Lipinski definition) is 3. The van der Waals surface area contributed by atoms with E-state index in [0.29, 0.717) is 11.4 Å². The zero-order valence-corrected chi connectivity index (χ0v) is 31.2. The summed E-state index contributed by atoms with van der Waals surface area (Å²) in [7, 11) is 0. The zero-order chi connectivity index (χ0) is 42.6. The SMILES string of the molecule is [2H]c1c([2H])c([2H])c(N(c2ccccc2)c2ccc3c(c2)C2(c4ccccc4-c4cc(N(c5ccccc5)c5cccc6c5oc5ccccc56)ccc42)c2ccccc2-3)c([2H])c1[2H]. The fourth-order valence-electron chi connectivity index (χ4n) is 9.65. The van der Waals surface area contributed by atoms with E-state index in [0.717, 1.165) is 83.5 Å². The second kappa shape index (κ2) is 12.7. The fourth-order valence-corrected chi connectivity index (χ4v) is 9.65. The van der Waals surface area contributed by atoms with E-state index in [9.17, 15) is 0 Å². The molecule has 3 nitrogen and oxygen atoms in total. The standard InChI is InChI=1S/C55H36N2O/c1-4-17-37(18-5-1)56(38-19-6-2-7-20-38)41-31-33-44-42-23-10-13-27-48(42)55(51(44)36-41)49-28-14-11-24-43(49)47-35-40(32-34-50(47)55)57(39-21-8-3-9-22-39)52-29-16-26-46-45-25-12-15-30-53(45)58-54(46)52/h1-36H/i1D,4D,5D,17D,18D. The van der Waals surface area contributed by atoms with Crippen LogP contribution in [-0.4, -0.2) is 0 Å². The molecular weight excluding hydrogens is 705 g/mol. The first-order valence-electron chi connectivity index (χ1n) is 22.0. The maximum atomic E-state index is 9.10. The third-order valence-electron chi connectivity index (χ3n) is 11.9. The van der Waals surface area contributed by atoms with Gasteiger partial charge in [0.25, 0.3) is 0 Å². The van der Waals surface area contributed by atoms with Crippen molar-refractivity contribution < 1.29 is 11.3 Å². The van der Waals surface area contributed by atoms with Gasteiger partial charge in [0.15, 0.2) is 5.58 Å². The predicted molar refractivity (Wildman–Crippen MR) is 239 cm³/mol. The van der Waals surface area contributed by atoms with Crippen LogP contribution in [0.1, 0.15) is 29.1 Å². The first-order valence-corrected chi connectivity index (χ1v) is 19.5. The highest BCUT2D eigenvalue weighted by molar-refractivity contribution is 6.10. The van der Waals surface area contributed by atoms with Crippen LogP contribution in [0.25, 0.3) is 44.2 Å². The normalized spacial score (nSPS) is 15.8. The molecule has 0 saturated carbocycles. The minimum absolute atomic E-state index is 0.0917. The van der Waals surface area contributed by atoms with Crippen molar-refractivity contribution in [3.8, 4) is 22.3 Å².